The SMILES string of the molecule is CCCNC(CCc1ccnn1C)c1cccc(F)c1F. The number of nitrogens with zero attached hydrogens (tertiary/aromatic N) is 2. The molecule has 5 heteroatoms. The first-order chi connectivity index (χ1) is 10.1. The van der Waals surface area contributed by atoms with Crippen LogP contribution in [0.1, 0.15) is 37.1 Å². The highest BCUT2D eigenvalue weighted by Crippen LogP contribution is 2.23. The lowest BCUT2D eigenvalue weighted by Crippen LogP contribution is -2.24. The lowest BCUT2D eigenvalue weighted by Gasteiger charge is -2.20. The first-order valence-electron chi connectivity index (χ1n) is 7.27. The molecule has 2 aromatic rings. The van der Waals surface area contributed by atoms with Gasteiger partial charge in [-0.1, -0.05) is 19.1 Å². The second kappa shape index (κ2) is 7.31. The molecule has 1 aromatic heterocycles. The van der Waals surface area contributed by atoms with Crippen molar-refractivity contribution in [2.75, 3.05) is 6.54 Å². The fourth-order valence-electron chi connectivity index (χ4n) is 2.41. The van der Waals surface area contributed by atoms with Gasteiger partial charge in [0.05, 0.1) is 0 Å². The number of halogens is 2. The Kier molecular flexibility index (Phi) is 5.44. The third-order valence-electron chi connectivity index (χ3n) is 3.61. The highest BCUT2D eigenvalue weighted by atomic mass is 19.2. The molecule has 0 radical (unpaired) electrons. The van der Waals surface area contributed by atoms with Crippen LogP contribution in [0.5, 0.6) is 0 Å². The minimum atomic E-state index is -0.795. The summed E-state index contributed by atoms with van der Waals surface area (Å²) in [7, 11) is 1.88. The highest BCUT2D eigenvalue weighted by molar-refractivity contribution is 5.23. The van der Waals surface area contributed by atoms with E-state index < -0.39 is 11.6 Å². The van der Waals surface area contributed by atoms with Crippen LogP contribution in [0.4, 0.5) is 8.78 Å². The van der Waals surface area contributed by atoms with E-state index in [2.05, 4.69) is 10.4 Å². The van der Waals surface area contributed by atoms with Gasteiger partial charge in [-0.2, -0.15) is 5.10 Å². The Bertz CT molecular complexity index is 581. The number of rotatable bonds is 7. The Balaban J connectivity index is 2.14. The zero-order chi connectivity index (χ0) is 15.2. The van der Waals surface area contributed by atoms with E-state index in [1.807, 2.05) is 20.0 Å². The zero-order valence-electron chi connectivity index (χ0n) is 12.4. The summed E-state index contributed by atoms with van der Waals surface area (Å²) in [6, 6.07) is 6.10. The van der Waals surface area contributed by atoms with Gasteiger partial charge in [0.2, 0.25) is 0 Å². The molecule has 1 aromatic carbocycles. The van der Waals surface area contributed by atoms with Gasteiger partial charge in [-0.25, -0.2) is 8.78 Å². The molecule has 0 amide bonds. The van der Waals surface area contributed by atoms with Gasteiger partial charge >= 0.3 is 0 Å². The van der Waals surface area contributed by atoms with Crippen molar-refractivity contribution in [3.8, 4) is 0 Å². The molecule has 0 saturated heterocycles. The molecule has 1 atom stereocenters. The minimum Gasteiger partial charge on any atom is -0.310 e. The lowest BCUT2D eigenvalue weighted by molar-refractivity contribution is 0.443. The standard InChI is InChI=1S/C16H21F2N3/c1-3-10-19-15(8-7-12-9-11-20-21(12)2)13-5-4-6-14(17)16(13)18/h4-6,9,11,15,19H,3,7-8,10H2,1-2H3. The molecule has 1 heterocycles. The number of hydrogen-bond acceptors (Lipinski definition) is 2. The van der Waals surface area contributed by atoms with Crippen LogP contribution in [0.2, 0.25) is 0 Å². The molecule has 0 saturated carbocycles. The molecule has 0 bridgehead atoms. The molecular weight excluding hydrogens is 272 g/mol. The van der Waals surface area contributed by atoms with Gasteiger partial charge in [0.1, 0.15) is 0 Å². The molecule has 0 spiro atoms. The molecule has 2 rings (SSSR count). The van der Waals surface area contributed by atoms with Crippen molar-refractivity contribution in [3.63, 3.8) is 0 Å². The summed E-state index contributed by atoms with van der Waals surface area (Å²) in [5.41, 5.74) is 1.47. The smallest absolute Gasteiger partial charge is 0.163 e. The van der Waals surface area contributed by atoms with Crippen molar-refractivity contribution < 1.29 is 8.78 Å². The summed E-state index contributed by atoms with van der Waals surface area (Å²) in [6.45, 7) is 2.82. The maximum Gasteiger partial charge on any atom is 0.163 e. The molecule has 21 heavy (non-hydrogen) atoms. The van der Waals surface area contributed by atoms with E-state index in [0.717, 1.165) is 31.1 Å². The van der Waals surface area contributed by atoms with Gasteiger partial charge in [0.25, 0.3) is 0 Å². The average molecular weight is 293 g/mol. The summed E-state index contributed by atoms with van der Waals surface area (Å²) in [6.07, 6.45) is 4.14. The van der Waals surface area contributed by atoms with Crippen LogP contribution in [0, 0.1) is 11.6 Å². The second-order valence-electron chi connectivity index (χ2n) is 5.13. The van der Waals surface area contributed by atoms with Gasteiger partial charge in [0.15, 0.2) is 11.6 Å². The van der Waals surface area contributed by atoms with Crippen molar-refractivity contribution in [3.05, 3.63) is 53.4 Å². The van der Waals surface area contributed by atoms with Crippen molar-refractivity contribution in [1.82, 2.24) is 15.1 Å². The molecule has 0 aliphatic heterocycles. The molecule has 1 unspecified atom stereocenters. The molecule has 3 nitrogen and oxygen atoms in total. The maximum absolute atomic E-state index is 14.0. The van der Waals surface area contributed by atoms with Gasteiger partial charge < -0.3 is 5.32 Å². The largest absolute Gasteiger partial charge is 0.310 e. The molecule has 0 fully saturated rings. The van der Waals surface area contributed by atoms with Crippen molar-refractivity contribution in [2.45, 2.75) is 32.2 Å². The van der Waals surface area contributed by atoms with Gasteiger partial charge in [-0.05, 0) is 37.9 Å². The topological polar surface area (TPSA) is 29.9 Å². The monoisotopic (exact) mass is 293 g/mol. The first-order valence-corrected chi connectivity index (χ1v) is 7.27. The van der Waals surface area contributed by atoms with Crippen LogP contribution in [-0.4, -0.2) is 16.3 Å². The number of aryl methyl sites for hydroxylation is 2. The summed E-state index contributed by atoms with van der Waals surface area (Å²) < 4.78 is 29.2. The van der Waals surface area contributed by atoms with E-state index in [1.165, 1.54) is 0 Å². The van der Waals surface area contributed by atoms with Crippen LogP contribution < -0.4 is 5.32 Å². The Morgan fingerprint density at radius 3 is 2.76 bits per heavy atom. The summed E-state index contributed by atoms with van der Waals surface area (Å²) in [5.74, 6) is -1.55. The fourth-order valence-corrected chi connectivity index (χ4v) is 2.41. The Morgan fingerprint density at radius 1 is 1.29 bits per heavy atom. The van der Waals surface area contributed by atoms with E-state index >= 15 is 0 Å². The van der Waals surface area contributed by atoms with Crippen LogP contribution in [0.25, 0.3) is 0 Å². The van der Waals surface area contributed by atoms with E-state index in [9.17, 15) is 8.78 Å². The summed E-state index contributed by atoms with van der Waals surface area (Å²) in [5, 5.41) is 7.42. The Morgan fingerprint density at radius 2 is 2.10 bits per heavy atom. The Hall–Kier alpha value is -1.75. The Labute approximate surface area is 124 Å². The predicted octanol–water partition coefficient (Wildman–Crippen LogP) is 3.37. The number of hydrogen-bond donors (Lipinski definition) is 1. The summed E-state index contributed by atoms with van der Waals surface area (Å²) >= 11 is 0. The van der Waals surface area contributed by atoms with Gasteiger partial charge in [-0.3, -0.25) is 4.68 Å². The number of aromatic nitrogens is 2. The van der Waals surface area contributed by atoms with Crippen molar-refractivity contribution in [2.24, 2.45) is 7.05 Å². The maximum atomic E-state index is 14.0. The average Bonchev–Trinajstić information content (AvgIpc) is 2.88. The molecular formula is C16H21F2N3. The van der Waals surface area contributed by atoms with E-state index in [-0.39, 0.29) is 6.04 Å². The van der Waals surface area contributed by atoms with Crippen LogP contribution in [0.3, 0.4) is 0 Å². The van der Waals surface area contributed by atoms with Crippen molar-refractivity contribution in [1.29, 1.82) is 0 Å². The highest BCUT2D eigenvalue weighted by Gasteiger charge is 2.18. The normalized spacial score (nSPS) is 12.6. The minimum absolute atomic E-state index is 0.199. The van der Waals surface area contributed by atoms with Crippen LogP contribution in [-0.2, 0) is 13.5 Å². The van der Waals surface area contributed by atoms with Crippen molar-refractivity contribution >= 4 is 0 Å². The third-order valence-corrected chi connectivity index (χ3v) is 3.61. The van der Waals surface area contributed by atoms with Gasteiger partial charge in [0, 0.05) is 30.5 Å². The lowest BCUT2D eigenvalue weighted by atomic mass is 10.00. The third kappa shape index (κ3) is 3.88. The van der Waals surface area contributed by atoms with E-state index in [1.54, 1.807) is 23.0 Å². The molecule has 0 aliphatic carbocycles. The quantitative estimate of drug-likeness (QED) is 0.848. The van der Waals surface area contributed by atoms with Gasteiger partial charge in [-0.15, -0.1) is 0 Å². The van der Waals surface area contributed by atoms with Crippen LogP contribution >= 0.6 is 0 Å². The fraction of sp³-hybridized carbons (Fsp3) is 0.438. The van der Waals surface area contributed by atoms with Crippen LogP contribution in [0.15, 0.2) is 30.5 Å². The molecule has 114 valence electrons. The zero-order valence-corrected chi connectivity index (χ0v) is 12.4. The second-order valence-corrected chi connectivity index (χ2v) is 5.13. The number of benzene rings is 1. The van der Waals surface area contributed by atoms with E-state index in [4.69, 9.17) is 0 Å². The molecule has 1 N–H and O–H groups in total. The molecule has 0 aliphatic rings. The summed E-state index contributed by atoms with van der Waals surface area (Å²) in [4.78, 5) is 0. The van der Waals surface area contributed by atoms with E-state index in [0.29, 0.717) is 12.0 Å². The number of nitrogens with one attached hydrogen (secondary N) is 1. The first kappa shape index (κ1) is 15.6. The predicted molar refractivity (Wildman–Crippen MR) is 78.9 cm³/mol.